The van der Waals surface area contributed by atoms with Crippen LogP contribution in [0.5, 0.6) is 11.5 Å². The summed E-state index contributed by atoms with van der Waals surface area (Å²) in [6.07, 6.45) is 4.16. The molecule has 35 heavy (non-hydrogen) atoms. The second kappa shape index (κ2) is 12.3. The summed E-state index contributed by atoms with van der Waals surface area (Å²) in [5, 5.41) is 20.3. The molecule has 3 aromatic rings. The van der Waals surface area contributed by atoms with Gasteiger partial charge in [0.05, 0.1) is 38.6 Å². The number of aliphatic hydroxyl groups is 2. The summed E-state index contributed by atoms with van der Waals surface area (Å²) in [6.45, 7) is 0.174. The predicted molar refractivity (Wildman–Crippen MR) is 142 cm³/mol. The summed E-state index contributed by atoms with van der Waals surface area (Å²) >= 11 is 20.3. The van der Waals surface area contributed by atoms with Crippen LogP contribution in [0.15, 0.2) is 64.9 Å². The van der Waals surface area contributed by atoms with Crippen molar-refractivity contribution in [2.45, 2.75) is 28.0 Å². The lowest BCUT2D eigenvalue weighted by molar-refractivity contribution is 0.0385. The van der Waals surface area contributed by atoms with Crippen molar-refractivity contribution in [1.82, 2.24) is 9.55 Å². The topological polar surface area (TPSA) is 111 Å². The zero-order valence-electron chi connectivity index (χ0n) is 18.2. The Bertz CT molecular complexity index is 1200. The fourth-order valence-electron chi connectivity index (χ4n) is 2.88. The van der Waals surface area contributed by atoms with Crippen LogP contribution in [0.4, 0.5) is 0 Å². The minimum atomic E-state index is -3.95. The van der Waals surface area contributed by atoms with E-state index in [1.165, 1.54) is 36.4 Å². The maximum atomic E-state index is 13.1. The number of halogens is 4. The first-order valence-corrected chi connectivity index (χ1v) is 14.5. The van der Waals surface area contributed by atoms with Crippen LogP contribution in [-0.4, -0.2) is 63.4 Å². The Labute approximate surface area is 231 Å². The van der Waals surface area contributed by atoms with Crippen LogP contribution in [0, 0.1) is 0 Å². The summed E-state index contributed by atoms with van der Waals surface area (Å²) in [6, 6.07) is 8.24. The van der Waals surface area contributed by atoms with Gasteiger partial charge in [0, 0.05) is 16.8 Å². The van der Waals surface area contributed by atoms with E-state index in [1.807, 2.05) is 22.6 Å². The molecule has 0 aliphatic heterocycles. The molecule has 0 spiro atoms. The van der Waals surface area contributed by atoms with Crippen molar-refractivity contribution in [3.05, 3.63) is 65.2 Å². The number of hydrogen-bond donors (Lipinski definition) is 2. The number of hydrogen-bond acceptors (Lipinski definition) is 7. The predicted octanol–water partition coefficient (Wildman–Crippen LogP) is 4.25. The van der Waals surface area contributed by atoms with Crippen molar-refractivity contribution in [2.75, 3.05) is 23.5 Å². The number of aliphatic hydroxyl groups excluding tert-OH is 1. The molecule has 3 rings (SSSR count). The Hall–Kier alpha value is -1.28. The second-order valence-corrected chi connectivity index (χ2v) is 11.5. The number of nitrogens with zero attached hydrogens (tertiary/aromatic N) is 2. The van der Waals surface area contributed by atoms with E-state index in [9.17, 15) is 18.6 Å². The second-order valence-electron chi connectivity index (χ2n) is 7.70. The van der Waals surface area contributed by atoms with E-state index in [-0.39, 0.29) is 44.7 Å². The summed E-state index contributed by atoms with van der Waals surface area (Å²) in [4.78, 5) is 3.79. The molecule has 0 amide bonds. The number of imidazole rings is 1. The standard InChI is InChI=1S/C22H22Cl3IN2O6S/c23-11-22(30,12-26)13-34-21-19(24)7-18(8-20(21)25)35(31,32)17-3-1-16(2-4-17)33-10-15(29)9-28-6-5-27-14-28/h1-8,14-15,29-30H,9-13H2/t15-,22-/m1/s1. The van der Waals surface area contributed by atoms with E-state index in [0.29, 0.717) is 16.7 Å². The highest BCUT2D eigenvalue weighted by Crippen LogP contribution is 2.38. The first-order valence-electron chi connectivity index (χ1n) is 10.2. The number of aromatic nitrogens is 2. The molecule has 0 unspecified atom stereocenters. The molecule has 1 aromatic heterocycles. The smallest absolute Gasteiger partial charge is 0.206 e. The Morgan fingerprint density at radius 2 is 1.77 bits per heavy atom. The molecule has 2 N–H and O–H groups in total. The lowest BCUT2D eigenvalue weighted by Gasteiger charge is -2.24. The average Bonchev–Trinajstić information content (AvgIpc) is 3.35. The van der Waals surface area contributed by atoms with Crippen molar-refractivity contribution < 1.29 is 28.1 Å². The quantitative estimate of drug-likeness (QED) is 0.218. The van der Waals surface area contributed by atoms with Gasteiger partial charge in [0.25, 0.3) is 0 Å². The molecule has 0 fully saturated rings. The highest BCUT2D eigenvalue weighted by molar-refractivity contribution is 14.1. The number of rotatable bonds is 12. The largest absolute Gasteiger partial charge is 0.491 e. The fourth-order valence-corrected chi connectivity index (χ4v) is 5.90. The Kier molecular flexibility index (Phi) is 9.95. The van der Waals surface area contributed by atoms with Gasteiger partial charge in [-0.1, -0.05) is 45.8 Å². The first kappa shape index (κ1) is 28.3. The van der Waals surface area contributed by atoms with Crippen molar-refractivity contribution in [3.63, 3.8) is 0 Å². The summed E-state index contributed by atoms with van der Waals surface area (Å²) < 4.78 is 39.3. The van der Waals surface area contributed by atoms with Gasteiger partial charge in [-0.15, -0.1) is 11.6 Å². The van der Waals surface area contributed by atoms with Gasteiger partial charge in [-0.3, -0.25) is 0 Å². The molecule has 0 radical (unpaired) electrons. The van der Waals surface area contributed by atoms with Crippen molar-refractivity contribution >= 4 is 67.2 Å². The molecule has 13 heteroatoms. The molecule has 2 atom stereocenters. The average molecular weight is 676 g/mol. The minimum absolute atomic E-state index is 0.00560. The van der Waals surface area contributed by atoms with E-state index in [4.69, 9.17) is 44.3 Å². The molecule has 0 aliphatic carbocycles. The summed E-state index contributed by atoms with van der Waals surface area (Å²) in [5.41, 5.74) is -1.28. The molecule has 0 saturated carbocycles. The molecule has 0 saturated heterocycles. The van der Waals surface area contributed by atoms with Gasteiger partial charge in [0.2, 0.25) is 9.84 Å². The summed E-state index contributed by atoms with van der Waals surface area (Å²) in [7, 11) is -3.95. The molecule has 0 aliphatic rings. The van der Waals surface area contributed by atoms with Crippen LogP contribution in [0.3, 0.4) is 0 Å². The highest BCUT2D eigenvalue weighted by Gasteiger charge is 2.27. The molecule has 8 nitrogen and oxygen atoms in total. The van der Waals surface area contributed by atoms with Crippen LogP contribution >= 0.6 is 57.4 Å². The zero-order chi connectivity index (χ0) is 25.6. The molecular weight excluding hydrogens is 654 g/mol. The minimum Gasteiger partial charge on any atom is -0.491 e. The maximum absolute atomic E-state index is 13.1. The first-order chi connectivity index (χ1) is 16.6. The third-order valence-electron chi connectivity index (χ3n) is 4.82. The van der Waals surface area contributed by atoms with Gasteiger partial charge < -0.3 is 24.3 Å². The third kappa shape index (κ3) is 7.37. The normalized spacial score (nSPS) is 14.3. The number of benzene rings is 2. The van der Waals surface area contributed by atoms with Gasteiger partial charge in [-0.2, -0.15) is 0 Å². The molecular formula is C22H22Cl3IN2O6S. The van der Waals surface area contributed by atoms with Crippen LogP contribution in [0.2, 0.25) is 10.0 Å². The van der Waals surface area contributed by atoms with Gasteiger partial charge in [0.15, 0.2) is 5.75 Å². The van der Waals surface area contributed by atoms with Crippen LogP contribution in [0.1, 0.15) is 0 Å². The number of sulfone groups is 1. The summed E-state index contributed by atoms with van der Waals surface area (Å²) in [5.74, 6) is 0.398. The molecule has 190 valence electrons. The van der Waals surface area contributed by atoms with E-state index in [1.54, 1.807) is 23.3 Å². The van der Waals surface area contributed by atoms with Gasteiger partial charge >= 0.3 is 0 Å². The monoisotopic (exact) mass is 674 g/mol. The van der Waals surface area contributed by atoms with Crippen LogP contribution in [0.25, 0.3) is 0 Å². The SMILES string of the molecule is O=S(=O)(c1ccc(OC[C@H](O)Cn2ccnc2)cc1)c1cc(Cl)c(OC[C@@](O)(CCl)CI)c(Cl)c1. The van der Waals surface area contributed by atoms with E-state index < -0.39 is 21.5 Å². The molecule has 1 heterocycles. The van der Waals surface area contributed by atoms with Crippen molar-refractivity contribution in [1.29, 1.82) is 0 Å². The van der Waals surface area contributed by atoms with Crippen molar-refractivity contribution in [3.8, 4) is 11.5 Å². The van der Waals surface area contributed by atoms with Crippen LogP contribution in [-0.2, 0) is 16.4 Å². The van der Waals surface area contributed by atoms with Gasteiger partial charge in [-0.05, 0) is 36.4 Å². The van der Waals surface area contributed by atoms with E-state index in [0.717, 1.165) is 0 Å². The Morgan fingerprint density at radius 1 is 1.11 bits per heavy atom. The maximum Gasteiger partial charge on any atom is 0.206 e. The Balaban J connectivity index is 1.69. The lowest BCUT2D eigenvalue weighted by atomic mass is 10.1. The lowest BCUT2D eigenvalue weighted by Crippen LogP contribution is -2.39. The van der Waals surface area contributed by atoms with Gasteiger partial charge in [-0.25, -0.2) is 13.4 Å². The molecule has 0 bridgehead atoms. The fraction of sp³-hybridized carbons (Fsp3) is 0.318. The van der Waals surface area contributed by atoms with Crippen molar-refractivity contribution in [2.24, 2.45) is 0 Å². The third-order valence-corrected chi connectivity index (χ3v) is 9.05. The molecule has 2 aromatic carbocycles. The van der Waals surface area contributed by atoms with E-state index in [2.05, 4.69) is 4.98 Å². The Morgan fingerprint density at radius 3 is 2.31 bits per heavy atom. The van der Waals surface area contributed by atoms with E-state index >= 15 is 0 Å². The number of alkyl halides is 2. The van der Waals surface area contributed by atoms with Gasteiger partial charge in [0.1, 0.15) is 30.7 Å². The van der Waals surface area contributed by atoms with Crippen LogP contribution < -0.4 is 9.47 Å². The zero-order valence-corrected chi connectivity index (χ0v) is 23.4. The highest BCUT2D eigenvalue weighted by atomic mass is 127. The number of ether oxygens (including phenoxy) is 2.